The van der Waals surface area contributed by atoms with Crippen LogP contribution in [0.3, 0.4) is 0 Å². The van der Waals surface area contributed by atoms with Crippen LogP contribution >= 0.6 is 31.8 Å². The van der Waals surface area contributed by atoms with Crippen LogP contribution in [0.4, 0.5) is 0 Å². The third-order valence-electron chi connectivity index (χ3n) is 5.48. The van der Waals surface area contributed by atoms with Crippen molar-refractivity contribution in [3.63, 3.8) is 0 Å². The van der Waals surface area contributed by atoms with Gasteiger partial charge >= 0.3 is 0 Å². The second-order valence-electron chi connectivity index (χ2n) is 7.48. The molecule has 0 radical (unpaired) electrons. The zero-order valence-electron chi connectivity index (χ0n) is 16.3. The van der Waals surface area contributed by atoms with E-state index in [0.717, 1.165) is 0 Å². The quantitative estimate of drug-likeness (QED) is 0.169. The van der Waals surface area contributed by atoms with Crippen molar-refractivity contribution in [2.24, 2.45) is 0 Å². The maximum atomic E-state index is 2.74. The summed E-state index contributed by atoms with van der Waals surface area (Å²) in [5, 5.41) is 3.74. The second kappa shape index (κ2) is 8.34. The van der Waals surface area contributed by atoms with Gasteiger partial charge in [0, 0.05) is 3.57 Å². The lowest BCUT2D eigenvalue weighted by Crippen LogP contribution is -1.88. The van der Waals surface area contributed by atoms with Gasteiger partial charge in [-0.15, -0.1) is 9.24 Å². The summed E-state index contributed by atoms with van der Waals surface area (Å²) in [4.78, 5) is 0. The van der Waals surface area contributed by atoms with E-state index in [1.807, 2.05) is 0 Å². The molecule has 30 heavy (non-hydrogen) atoms. The predicted molar refractivity (Wildman–Crippen MR) is 142 cm³/mol. The standard InChI is InChI=1S/C28H20IP/c29-27-13-9-20(10-14-27)19-1-3-21(4-2-19)23-5-7-26-18-24(6-8-25(26)17-23)22-11-15-28(30)16-12-22/h1-18H,30H2. The van der Waals surface area contributed by atoms with E-state index in [1.165, 1.54) is 53.0 Å². The molecule has 1 atom stereocenters. The number of hydrogen-bond acceptors (Lipinski definition) is 0. The van der Waals surface area contributed by atoms with Crippen LogP contribution in [0.2, 0.25) is 0 Å². The van der Waals surface area contributed by atoms with Crippen LogP contribution in [0.25, 0.3) is 44.2 Å². The van der Waals surface area contributed by atoms with Gasteiger partial charge in [-0.1, -0.05) is 84.9 Å². The third kappa shape index (κ3) is 4.05. The van der Waals surface area contributed by atoms with Crippen molar-refractivity contribution in [2.75, 3.05) is 0 Å². The van der Waals surface area contributed by atoms with E-state index in [4.69, 9.17) is 0 Å². The highest BCUT2D eigenvalue weighted by Gasteiger charge is 2.04. The normalized spacial score (nSPS) is 11.0. The first-order chi connectivity index (χ1) is 14.7. The van der Waals surface area contributed by atoms with E-state index in [2.05, 4.69) is 141 Å². The largest absolute Gasteiger partial charge is 0.106 e. The van der Waals surface area contributed by atoms with Crippen LogP contribution in [0, 0.1) is 3.57 Å². The molecule has 0 aromatic heterocycles. The topological polar surface area (TPSA) is 0 Å². The van der Waals surface area contributed by atoms with E-state index in [9.17, 15) is 0 Å². The molecule has 5 rings (SSSR count). The molecular formula is C28H20IP. The van der Waals surface area contributed by atoms with Gasteiger partial charge in [0.2, 0.25) is 0 Å². The third-order valence-corrected chi connectivity index (χ3v) is 6.58. The van der Waals surface area contributed by atoms with E-state index in [-0.39, 0.29) is 0 Å². The summed E-state index contributed by atoms with van der Waals surface area (Å²) in [5.74, 6) is 0. The second-order valence-corrected chi connectivity index (χ2v) is 9.40. The highest BCUT2D eigenvalue weighted by molar-refractivity contribution is 14.1. The summed E-state index contributed by atoms with van der Waals surface area (Å²) in [6, 6.07) is 39.6. The van der Waals surface area contributed by atoms with Gasteiger partial charge in [0.15, 0.2) is 0 Å². The first kappa shape index (κ1) is 19.5. The maximum Gasteiger partial charge on any atom is 0.0130 e. The highest BCUT2D eigenvalue weighted by atomic mass is 127. The smallest absolute Gasteiger partial charge is 0.0130 e. The molecule has 0 N–H and O–H groups in total. The summed E-state index contributed by atoms with van der Waals surface area (Å²) in [7, 11) is 2.74. The predicted octanol–water partition coefficient (Wildman–Crippen LogP) is 7.95. The summed E-state index contributed by atoms with van der Waals surface area (Å²) in [6.07, 6.45) is 0. The molecule has 0 aliphatic rings. The van der Waals surface area contributed by atoms with Crippen molar-refractivity contribution in [2.45, 2.75) is 0 Å². The minimum Gasteiger partial charge on any atom is -0.106 e. The van der Waals surface area contributed by atoms with Gasteiger partial charge < -0.3 is 0 Å². The lowest BCUT2D eigenvalue weighted by molar-refractivity contribution is 1.58. The Bertz CT molecular complexity index is 1320. The SMILES string of the molecule is Pc1ccc(-c2ccc3cc(-c4ccc(-c5ccc(I)cc5)cc4)ccc3c2)cc1. The van der Waals surface area contributed by atoms with Crippen molar-refractivity contribution in [3.8, 4) is 33.4 Å². The summed E-state index contributed by atoms with van der Waals surface area (Å²) >= 11 is 2.34. The van der Waals surface area contributed by atoms with Crippen molar-refractivity contribution >= 4 is 47.9 Å². The molecular weight excluding hydrogens is 494 g/mol. The van der Waals surface area contributed by atoms with Crippen molar-refractivity contribution in [1.29, 1.82) is 0 Å². The zero-order chi connectivity index (χ0) is 20.5. The Balaban J connectivity index is 1.45. The molecule has 0 heterocycles. The molecule has 0 saturated heterocycles. The average Bonchev–Trinajstić information content (AvgIpc) is 2.79. The Kier molecular flexibility index (Phi) is 5.41. The monoisotopic (exact) mass is 514 g/mol. The van der Waals surface area contributed by atoms with Gasteiger partial charge in [0.05, 0.1) is 0 Å². The molecule has 0 saturated carbocycles. The fourth-order valence-corrected chi connectivity index (χ4v) is 4.33. The highest BCUT2D eigenvalue weighted by Crippen LogP contribution is 2.30. The maximum absolute atomic E-state index is 2.74. The van der Waals surface area contributed by atoms with Gasteiger partial charge in [-0.05, 0) is 96.3 Å². The Morgan fingerprint density at radius 1 is 0.400 bits per heavy atom. The minimum atomic E-state index is 1.21. The molecule has 5 aromatic carbocycles. The molecule has 0 fully saturated rings. The minimum absolute atomic E-state index is 1.21. The van der Waals surface area contributed by atoms with E-state index in [1.54, 1.807) is 0 Å². The molecule has 144 valence electrons. The van der Waals surface area contributed by atoms with Crippen LogP contribution < -0.4 is 5.30 Å². The van der Waals surface area contributed by atoms with Crippen LogP contribution in [0.15, 0.2) is 109 Å². The Morgan fingerprint density at radius 3 is 1.20 bits per heavy atom. The summed E-state index contributed by atoms with van der Waals surface area (Å²) in [5.41, 5.74) is 7.49. The Morgan fingerprint density at radius 2 is 0.733 bits per heavy atom. The zero-order valence-corrected chi connectivity index (χ0v) is 19.7. The summed E-state index contributed by atoms with van der Waals surface area (Å²) in [6.45, 7) is 0. The van der Waals surface area contributed by atoms with Crippen molar-refractivity contribution in [1.82, 2.24) is 0 Å². The van der Waals surface area contributed by atoms with Gasteiger partial charge in [0.1, 0.15) is 0 Å². The van der Waals surface area contributed by atoms with E-state index in [0.29, 0.717) is 0 Å². The number of benzene rings is 5. The Hall–Kier alpha value is -2.48. The van der Waals surface area contributed by atoms with Crippen molar-refractivity contribution in [3.05, 3.63) is 113 Å². The molecule has 1 unspecified atom stereocenters. The first-order valence-corrected chi connectivity index (χ1v) is 11.6. The fourth-order valence-electron chi connectivity index (χ4n) is 3.78. The fraction of sp³-hybridized carbons (Fsp3) is 0. The Labute approximate surface area is 193 Å². The number of halogens is 1. The lowest BCUT2D eigenvalue weighted by atomic mass is 9.96. The molecule has 0 amide bonds. The summed E-state index contributed by atoms with van der Waals surface area (Å²) < 4.78 is 1.26. The molecule has 0 aliphatic carbocycles. The molecule has 0 spiro atoms. The van der Waals surface area contributed by atoms with Crippen molar-refractivity contribution < 1.29 is 0 Å². The van der Waals surface area contributed by atoms with Gasteiger partial charge in [0.25, 0.3) is 0 Å². The van der Waals surface area contributed by atoms with Gasteiger partial charge in [-0.3, -0.25) is 0 Å². The molecule has 0 bridgehead atoms. The lowest BCUT2D eigenvalue weighted by Gasteiger charge is -2.08. The van der Waals surface area contributed by atoms with Crippen LogP contribution in [0.1, 0.15) is 0 Å². The van der Waals surface area contributed by atoms with Crippen LogP contribution in [0.5, 0.6) is 0 Å². The van der Waals surface area contributed by atoms with E-state index >= 15 is 0 Å². The van der Waals surface area contributed by atoms with E-state index < -0.39 is 0 Å². The average molecular weight is 514 g/mol. The molecule has 5 aromatic rings. The van der Waals surface area contributed by atoms with Crippen LogP contribution in [-0.2, 0) is 0 Å². The van der Waals surface area contributed by atoms with Gasteiger partial charge in [-0.2, -0.15) is 0 Å². The number of rotatable bonds is 3. The van der Waals surface area contributed by atoms with Crippen LogP contribution in [-0.4, -0.2) is 0 Å². The number of fused-ring (bicyclic) bond motifs is 1. The molecule has 0 aliphatic heterocycles. The molecule has 2 heteroatoms. The van der Waals surface area contributed by atoms with Gasteiger partial charge in [-0.25, -0.2) is 0 Å². The first-order valence-electron chi connectivity index (χ1n) is 9.92. The number of hydrogen-bond donors (Lipinski definition) is 0. The molecule has 0 nitrogen and oxygen atoms in total.